The van der Waals surface area contributed by atoms with Crippen LogP contribution in [0, 0.1) is 6.92 Å². The zero-order valence-electron chi connectivity index (χ0n) is 17.0. The Morgan fingerprint density at radius 2 is 1.87 bits per heavy atom. The molecule has 4 rings (SSSR count). The second kappa shape index (κ2) is 7.19. The quantitative estimate of drug-likeness (QED) is 0.502. The Kier molecular flexibility index (Phi) is 4.92. The molecule has 0 unspecified atom stereocenters. The molecular weight excluding hydrogens is 413 g/mol. The molecule has 1 aliphatic rings. The van der Waals surface area contributed by atoms with Crippen LogP contribution in [0.5, 0.6) is 11.5 Å². The fraction of sp³-hybridized carbons (Fsp3) is 0.318. The van der Waals surface area contributed by atoms with E-state index in [1.807, 2.05) is 26.8 Å². The number of nitrogens with zero attached hydrogens (tertiary/aromatic N) is 1. The van der Waals surface area contributed by atoms with E-state index in [1.165, 1.54) is 23.5 Å². The van der Waals surface area contributed by atoms with Crippen molar-refractivity contribution in [2.45, 2.75) is 39.0 Å². The topological polar surface area (TPSA) is 43.4 Å². The summed E-state index contributed by atoms with van der Waals surface area (Å²) in [7, 11) is 1.61. The summed E-state index contributed by atoms with van der Waals surface area (Å²) in [5, 5.41) is 3.70. The van der Waals surface area contributed by atoms with Crippen molar-refractivity contribution in [3.63, 3.8) is 0 Å². The number of anilines is 2. The number of ether oxygens (including phenoxy) is 2. The van der Waals surface area contributed by atoms with E-state index in [0.717, 1.165) is 46.0 Å². The van der Waals surface area contributed by atoms with E-state index in [9.17, 15) is 13.2 Å². The van der Waals surface area contributed by atoms with E-state index in [1.54, 1.807) is 7.11 Å². The molecular formula is C22H21F3N2O2S. The maximum absolute atomic E-state index is 12.7. The molecule has 0 bridgehead atoms. The zero-order valence-corrected chi connectivity index (χ0v) is 17.8. The highest BCUT2D eigenvalue weighted by atomic mass is 32.1. The Balaban J connectivity index is 1.62. The normalized spacial score (nSPS) is 14.9. The first kappa shape index (κ1) is 20.5. The number of aryl methyl sites for hydroxylation is 1. The molecule has 2 aromatic carbocycles. The third kappa shape index (κ3) is 3.96. The van der Waals surface area contributed by atoms with Gasteiger partial charge in [0.2, 0.25) is 0 Å². The SMILES string of the molecule is COc1cc(-c2nc(Nc3ccc(C(F)(F)F)cc3)sc2C)cc2c1OC(C)(C)C2. The molecule has 158 valence electrons. The maximum Gasteiger partial charge on any atom is 0.416 e. The van der Waals surface area contributed by atoms with E-state index in [0.29, 0.717) is 16.6 Å². The van der Waals surface area contributed by atoms with Crippen LogP contribution in [0.25, 0.3) is 11.3 Å². The van der Waals surface area contributed by atoms with Gasteiger partial charge in [0.15, 0.2) is 16.6 Å². The second-order valence-electron chi connectivity index (χ2n) is 7.83. The van der Waals surface area contributed by atoms with E-state index < -0.39 is 11.7 Å². The highest BCUT2D eigenvalue weighted by Crippen LogP contribution is 2.45. The lowest BCUT2D eigenvalue weighted by Gasteiger charge is -2.17. The van der Waals surface area contributed by atoms with Gasteiger partial charge in [0.25, 0.3) is 0 Å². The van der Waals surface area contributed by atoms with Gasteiger partial charge in [-0.2, -0.15) is 13.2 Å². The Morgan fingerprint density at radius 3 is 2.50 bits per heavy atom. The number of hydrogen-bond donors (Lipinski definition) is 1. The van der Waals surface area contributed by atoms with Gasteiger partial charge in [0, 0.05) is 28.1 Å². The highest BCUT2D eigenvalue weighted by molar-refractivity contribution is 7.16. The van der Waals surface area contributed by atoms with Crippen molar-refractivity contribution in [1.29, 1.82) is 0 Å². The monoisotopic (exact) mass is 434 g/mol. The molecule has 30 heavy (non-hydrogen) atoms. The predicted octanol–water partition coefficient (Wildman–Crippen LogP) is 6.60. The van der Waals surface area contributed by atoms with Gasteiger partial charge < -0.3 is 14.8 Å². The molecule has 4 nitrogen and oxygen atoms in total. The number of fused-ring (bicyclic) bond motifs is 1. The van der Waals surface area contributed by atoms with Crippen molar-refractivity contribution in [1.82, 2.24) is 4.98 Å². The first-order valence-electron chi connectivity index (χ1n) is 9.38. The maximum atomic E-state index is 12.7. The first-order valence-corrected chi connectivity index (χ1v) is 10.2. The molecule has 8 heteroatoms. The molecule has 1 aliphatic heterocycles. The summed E-state index contributed by atoms with van der Waals surface area (Å²) >= 11 is 1.44. The minimum atomic E-state index is -4.35. The summed E-state index contributed by atoms with van der Waals surface area (Å²) in [5.41, 5.74) is 2.37. The van der Waals surface area contributed by atoms with Crippen molar-refractivity contribution in [2.75, 3.05) is 12.4 Å². The second-order valence-corrected chi connectivity index (χ2v) is 9.03. The number of halogens is 3. The van der Waals surface area contributed by atoms with E-state index in [2.05, 4.69) is 16.4 Å². The fourth-order valence-electron chi connectivity index (χ4n) is 3.55. The molecule has 0 aliphatic carbocycles. The van der Waals surface area contributed by atoms with Gasteiger partial charge in [0.05, 0.1) is 18.4 Å². The molecule has 0 fully saturated rings. The Labute approximate surface area is 176 Å². The van der Waals surface area contributed by atoms with Crippen LogP contribution in [0.2, 0.25) is 0 Å². The van der Waals surface area contributed by atoms with Gasteiger partial charge in [-0.1, -0.05) is 0 Å². The minimum Gasteiger partial charge on any atom is -0.493 e. The highest BCUT2D eigenvalue weighted by Gasteiger charge is 2.33. The predicted molar refractivity (Wildman–Crippen MR) is 112 cm³/mol. The molecule has 0 saturated heterocycles. The van der Waals surface area contributed by atoms with Crippen molar-refractivity contribution in [3.05, 3.63) is 52.4 Å². The Hall–Kier alpha value is -2.74. The molecule has 3 aromatic rings. The summed E-state index contributed by atoms with van der Waals surface area (Å²) in [6, 6.07) is 8.88. The number of aromatic nitrogens is 1. The van der Waals surface area contributed by atoms with Crippen LogP contribution in [0.15, 0.2) is 36.4 Å². The van der Waals surface area contributed by atoms with Crippen LogP contribution in [0.1, 0.15) is 29.9 Å². The van der Waals surface area contributed by atoms with Crippen molar-refractivity contribution in [2.24, 2.45) is 0 Å². The Bertz CT molecular complexity index is 1090. The van der Waals surface area contributed by atoms with Gasteiger partial charge in [-0.25, -0.2) is 4.98 Å². The van der Waals surface area contributed by atoms with Gasteiger partial charge in [-0.3, -0.25) is 0 Å². The molecule has 1 N–H and O–H groups in total. The summed E-state index contributed by atoms with van der Waals surface area (Å²) in [6.45, 7) is 6.03. The van der Waals surface area contributed by atoms with Crippen LogP contribution in [0.3, 0.4) is 0 Å². The average molecular weight is 434 g/mol. The lowest BCUT2D eigenvalue weighted by Crippen LogP contribution is -2.24. The fourth-order valence-corrected chi connectivity index (χ4v) is 4.41. The summed E-state index contributed by atoms with van der Waals surface area (Å²) in [6.07, 6.45) is -3.58. The summed E-state index contributed by atoms with van der Waals surface area (Å²) in [5.74, 6) is 1.43. The lowest BCUT2D eigenvalue weighted by molar-refractivity contribution is -0.137. The third-order valence-corrected chi connectivity index (χ3v) is 5.77. The van der Waals surface area contributed by atoms with Gasteiger partial charge >= 0.3 is 6.18 Å². The molecule has 0 amide bonds. The molecule has 0 spiro atoms. The van der Waals surface area contributed by atoms with E-state index in [4.69, 9.17) is 9.47 Å². The van der Waals surface area contributed by atoms with Gasteiger partial charge in [-0.15, -0.1) is 11.3 Å². The van der Waals surface area contributed by atoms with Crippen molar-refractivity contribution < 1.29 is 22.6 Å². The van der Waals surface area contributed by atoms with E-state index >= 15 is 0 Å². The van der Waals surface area contributed by atoms with Crippen LogP contribution in [-0.2, 0) is 12.6 Å². The molecule has 0 radical (unpaired) electrons. The average Bonchev–Trinajstić information content (AvgIpc) is 3.18. The Morgan fingerprint density at radius 1 is 1.17 bits per heavy atom. The van der Waals surface area contributed by atoms with Crippen molar-refractivity contribution in [3.8, 4) is 22.8 Å². The number of benzene rings is 2. The number of alkyl halides is 3. The number of methoxy groups -OCH3 is 1. The van der Waals surface area contributed by atoms with Crippen LogP contribution < -0.4 is 14.8 Å². The van der Waals surface area contributed by atoms with E-state index in [-0.39, 0.29) is 5.60 Å². The largest absolute Gasteiger partial charge is 0.493 e. The summed E-state index contributed by atoms with van der Waals surface area (Å²) in [4.78, 5) is 5.66. The number of hydrogen-bond acceptors (Lipinski definition) is 5. The van der Waals surface area contributed by atoms with Crippen LogP contribution >= 0.6 is 11.3 Å². The third-order valence-electron chi connectivity index (χ3n) is 4.88. The standard InChI is InChI=1S/C22H21F3N2O2S/c1-12-18(13-9-14-11-21(2,3)29-19(14)17(10-13)28-4)27-20(30-12)26-16-7-5-15(6-8-16)22(23,24)25/h5-10H,11H2,1-4H3,(H,26,27). The van der Waals surface area contributed by atoms with Crippen LogP contribution in [0.4, 0.5) is 24.0 Å². The number of thiazole rings is 1. The van der Waals surface area contributed by atoms with Crippen LogP contribution in [-0.4, -0.2) is 17.7 Å². The molecule has 1 aromatic heterocycles. The first-order chi connectivity index (χ1) is 14.1. The zero-order chi connectivity index (χ0) is 21.7. The number of nitrogens with one attached hydrogen (secondary N) is 1. The smallest absolute Gasteiger partial charge is 0.416 e. The van der Waals surface area contributed by atoms with Crippen molar-refractivity contribution >= 4 is 22.2 Å². The molecule has 0 atom stereocenters. The lowest BCUT2D eigenvalue weighted by atomic mass is 9.99. The molecule has 0 saturated carbocycles. The minimum absolute atomic E-state index is 0.291. The van der Waals surface area contributed by atoms with Gasteiger partial charge in [-0.05, 0) is 57.2 Å². The van der Waals surface area contributed by atoms with Gasteiger partial charge in [0.1, 0.15) is 5.60 Å². The summed E-state index contributed by atoms with van der Waals surface area (Å²) < 4.78 is 49.8. The number of rotatable bonds is 4. The molecule has 2 heterocycles.